The molecular weight excluding hydrogens is 300 g/mol. The number of benzene rings is 1. The van der Waals surface area contributed by atoms with Gasteiger partial charge < -0.3 is 15.0 Å². The van der Waals surface area contributed by atoms with Crippen LogP contribution in [0.2, 0.25) is 0 Å². The fourth-order valence-electron chi connectivity index (χ4n) is 3.89. The maximum Gasteiger partial charge on any atom is 0.226 e. The van der Waals surface area contributed by atoms with Crippen molar-refractivity contribution in [1.82, 2.24) is 10.2 Å². The largest absolute Gasteiger partial charge is 0.492 e. The lowest BCUT2D eigenvalue weighted by atomic mass is 9.94. The second-order valence-electron chi connectivity index (χ2n) is 7.24. The summed E-state index contributed by atoms with van der Waals surface area (Å²) in [5.74, 6) is 0.997. The zero-order valence-corrected chi connectivity index (χ0v) is 14.8. The molecule has 1 atom stereocenters. The van der Waals surface area contributed by atoms with Crippen LogP contribution in [-0.4, -0.2) is 43.6 Å². The summed E-state index contributed by atoms with van der Waals surface area (Å²) in [6.45, 7) is 2.31. The van der Waals surface area contributed by atoms with Gasteiger partial charge in [-0.05, 0) is 50.9 Å². The highest BCUT2D eigenvalue weighted by molar-refractivity contribution is 5.79. The molecule has 1 N–H and O–H groups in total. The summed E-state index contributed by atoms with van der Waals surface area (Å²) in [6, 6.07) is 8.75. The number of hydrogen-bond donors (Lipinski definition) is 1. The fourth-order valence-corrected chi connectivity index (χ4v) is 3.89. The lowest BCUT2D eigenvalue weighted by molar-refractivity contribution is -0.126. The van der Waals surface area contributed by atoms with Crippen molar-refractivity contribution < 1.29 is 9.53 Å². The van der Waals surface area contributed by atoms with E-state index in [4.69, 9.17) is 4.74 Å². The maximum absolute atomic E-state index is 12.3. The third kappa shape index (κ3) is 4.50. The smallest absolute Gasteiger partial charge is 0.226 e. The molecule has 2 aliphatic rings. The Bertz CT molecular complexity index is 540. The van der Waals surface area contributed by atoms with Crippen LogP contribution in [-0.2, 0) is 11.2 Å². The van der Waals surface area contributed by atoms with Gasteiger partial charge in [0.05, 0.1) is 5.92 Å². The van der Waals surface area contributed by atoms with Gasteiger partial charge in [-0.2, -0.15) is 0 Å². The van der Waals surface area contributed by atoms with Crippen LogP contribution in [0, 0.1) is 5.92 Å². The van der Waals surface area contributed by atoms with Crippen LogP contribution in [0.4, 0.5) is 0 Å². The van der Waals surface area contributed by atoms with E-state index in [0.717, 1.165) is 43.3 Å². The first-order chi connectivity index (χ1) is 11.7. The normalized spacial score (nSPS) is 21.2. The Morgan fingerprint density at radius 2 is 2.04 bits per heavy atom. The van der Waals surface area contributed by atoms with Crippen molar-refractivity contribution in [2.75, 3.05) is 26.7 Å². The number of fused-ring (bicyclic) bond motifs is 1. The number of amides is 1. The molecule has 1 heterocycles. The first-order valence-corrected chi connectivity index (χ1v) is 9.42. The van der Waals surface area contributed by atoms with Crippen LogP contribution < -0.4 is 10.1 Å². The van der Waals surface area contributed by atoms with E-state index in [1.165, 1.54) is 32.1 Å². The average Bonchev–Trinajstić information content (AvgIpc) is 2.65. The Morgan fingerprint density at radius 1 is 1.25 bits per heavy atom. The number of carbonyl (C=O) groups is 1. The molecule has 1 aromatic rings. The van der Waals surface area contributed by atoms with E-state index in [1.54, 1.807) is 0 Å². The summed E-state index contributed by atoms with van der Waals surface area (Å²) in [5, 5.41) is 3.10. The predicted octanol–water partition coefficient (Wildman–Crippen LogP) is 3.01. The van der Waals surface area contributed by atoms with E-state index in [0.29, 0.717) is 6.61 Å². The van der Waals surface area contributed by atoms with Crippen LogP contribution in [0.1, 0.15) is 44.1 Å². The van der Waals surface area contributed by atoms with Gasteiger partial charge in [0.2, 0.25) is 5.91 Å². The Hall–Kier alpha value is -1.55. The average molecular weight is 330 g/mol. The van der Waals surface area contributed by atoms with E-state index < -0.39 is 0 Å². The van der Waals surface area contributed by atoms with E-state index in [1.807, 2.05) is 24.3 Å². The third-order valence-electron chi connectivity index (χ3n) is 5.43. The molecule has 1 aromatic carbocycles. The van der Waals surface area contributed by atoms with Crippen LogP contribution in [0.3, 0.4) is 0 Å². The van der Waals surface area contributed by atoms with Crippen LogP contribution >= 0.6 is 0 Å². The maximum atomic E-state index is 12.3. The quantitative estimate of drug-likeness (QED) is 0.815. The van der Waals surface area contributed by atoms with Gasteiger partial charge in [0.25, 0.3) is 0 Å². The lowest BCUT2D eigenvalue weighted by Crippen LogP contribution is -2.39. The Labute approximate surface area is 145 Å². The van der Waals surface area contributed by atoms with Gasteiger partial charge in [0.15, 0.2) is 0 Å². The standard InChI is InChI=1S/C20H30N2O2/c1-22(18-9-3-2-4-10-18)13-7-12-21-20(23)17-14-16-8-5-6-11-19(16)24-15-17/h5-6,8,11,17-18H,2-4,7,9-10,12-15H2,1H3,(H,21,23). The molecule has 1 saturated carbocycles. The SMILES string of the molecule is CN(CCCNC(=O)C1COc2ccccc2C1)C1CCCCC1. The minimum absolute atomic E-state index is 0.0593. The van der Waals surface area contributed by atoms with Crippen molar-refractivity contribution in [3.05, 3.63) is 29.8 Å². The summed E-state index contributed by atoms with van der Waals surface area (Å²) in [7, 11) is 2.23. The van der Waals surface area contributed by atoms with Crippen LogP contribution in [0.15, 0.2) is 24.3 Å². The zero-order chi connectivity index (χ0) is 16.8. The summed E-state index contributed by atoms with van der Waals surface area (Å²) in [5.41, 5.74) is 1.14. The summed E-state index contributed by atoms with van der Waals surface area (Å²) < 4.78 is 5.71. The monoisotopic (exact) mass is 330 g/mol. The van der Waals surface area contributed by atoms with Crippen molar-refractivity contribution in [2.45, 2.75) is 51.0 Å². The molecule has 1 fully saturated rings. The molecule has 0 aromatic heterocycles. The molecule has 132 valence electrons. The second kappa shape index (κ2) is 8.52. The van der Waals surface area contributed by atoms with E-state index >= 15 is 0 Å². The Balaban J connectivity index is 1.36. The van der Waals surface area contributed by atoms with Gasteiger partial charge in [-0.25, -0.2) is 0 Å². The molecule has 4 nitrogen and oxygen atoms in total. The summed E-state index contributed by atoms with van der Waals surface area (Å²) in [4.78, 5) is 14.8. The number of nitrogens with one attached hydrogen (secondary N) is 1. The predicted molar refractivity (Wildman–Crippen MR) is 96.3 cm³/mol. The molecule has 1 amide bonds. The van der Waals surface area contributed by atoms with Gasteiger partial charge >= 0.3 is 0 Å². The summed E-state index contributed by atoms with van der Waals surface area (Å²) in [6.07, 6.45) is 8.60. The minimum Gasteiger partial charge on any atom is -0.492 e. The minimum atomic E-state index is -0.0593. The molecule has 0 saturated heterocycles. The molecule has 24 heavy (non-hydrogen) atoms. The summed E-state index contributed by atoms with van der Waals surface area (Å²) >= 11 is 0. The van der Waals surface area contributed by atoms with Crippen molar-refractivity contribution >= 4 is 5.91 Å². The Kier molecular flexibility index (Phi) is 6.13. The van der Waals surface area contributed by atoms with Crippen LogP contribution in [0.25, 0.3) is 0 Å². The van der Waals surface area contributed by atoms with Gasteiger partial charge in [-0.15, -0.1) is 0 Å². The van der Waals surface area contributed by atoms with Crippen molar-refractivity contribution in [3.8, 4) is 5.75 Å². The molecule has 3 rings (SSSR count). The van der Waals surface area contributed by atoms with Gasteiger partial charge in [-0.3, -0.25) is 4.79 Å². The van der Waals surface area contributed by atoms with Crippen molar-refractivity contribution in [1.29, 1.82) is 0 Å². The van der Waals surface area contributed by atoms with Gasteiger partial charge in [0.1, 0.15) is 12.4 Å². The molecule has 1 aliphatic heterocycles. The molecule has 1 aliphatic carbocycles. The molecule has 0 spiro atoms. The number of carbonyl (C=O) groups excluding carboxylic acids is 1. The zero-order valence-electron chi connectivity index (χ0n) is 14.8. The van der Waals surface area contributed by atoms with E-state index in [2.05, 4.69) is 17.3 Å². The number of nitrogens with zero attached hydrogens (tertiary/aromatic N) is 1. The number of rotatable bonds is 6. The number of hydrogen-bond acceptors (Lipinski definition) is 3. The van der Waals surface area contributed by atoms with Gasteiger partial charge in [0, 0.05) is 12.6 Å². The number of para-hydroxylation sites is 1. The number of ether oxygens (including phenoxy) is 1. The van der Waals surface area contributed by atoms with Crippen molar-refractivity contribution in [2.24, 2.45) is 5.92 Å². The highest BCUT2D eigenvalue weighted by Crippen LogP contribution is 2.26. The van der Waals surface area contributed by atoms with Gasteiger partial charge in [-0.1, -0.05) is 37.5 Å². The first-order valence-electron chi connectivity index (χ1n) is 9.42. The molecule has 0 bridgehead atoms. The van der Waals surface area contributed by atoms with Crippen molar-refractivity contribution in [3.63, 3.8) is 0 Å². The second-order valence-corrected chi connectivity index (χ2v) is 7.24. The molecular formula is C20H30N2O2. The molecule has 0 radical (unpaired) electrons. The lowest BCUT2D eigenvalue weighted by Gasteiger charge is -2.31. The third-order valence-corrected chi connectivity index (χ3v) is 5.43. The highest BCUT2D eigenvalue weighted by atomic mass is 16.5. The first kappa shape index (κ1) is 17.3. The molecule has 1 unspecified atom stereocenters. The topological polar surface area (TPSA) is 41.6 Å². The highest BCUT2D eigenvalue weighted by Gasteiger charge is 2.25. The fraction of sp³-hybridized carbons (Fsp3) is 0.650. The molecule has 4 heteroatoms. The van der Waals surface area contributed by atoms with E-state index in [9.17, 15) is 4.79 Å². The Morgan fingerprint density at radius 3 is 2.88 bits per heavy atom. The van der Waals surface area contributed by atoms with Crippen LogP contribution in [0.5, 0.6) is 5.75 Å². The van der Waals surface area contributed by atoms with E-state index in [-0.39, 0.29) is 11.8 Å².